The second-order valence-electron chi connectivity index (χ2n) is 5.72. The molecule has 0 aromatic heterocycles. The topological polar surface area (TPSA) is 108 Å². The molecule has 0 aliphatic rings. The number of carboxylic acid groups (broad SMARTS) is 1. The van der Waals surface area contributed by atoms with E-state index in [1.54, 1.807) is 46.7 Å². The molecule has 0 heterocycles. The van der Waals surface area contributed by atoms with Crippen LogP contribution in [0.25, 0.3) is 0 Å². The van der Waals surface area contributed by atoms with Crippen LogP contribution in [0.2, 0.25) is 0 Å². The maximum Gasteiger partial charge on any atom is 0.408 e. The van der Waals surface area contributed by atoms with Crippen molar-refractivity contribution in [2.24, 2.45) is 4.99 Å². The SMILES string of the molecule is CC(=O)O.CS/C(=N/C(=O)C(C)NC(=O)OC(C)(C)C)N(C)C. The van der Waals surface area contributed by atoms with Crippen molar-refractivity contribution in [3.63, 3.8) is 0 Å². The summed E-state index contributed by atoms with van der Waals surface area (Å²) in [4.78, 5) is 38.0. The van der Waals surface area contributed by atoms with Crippen LogP contribution in [0.3, 0.4) is 0 Å². The van der Waals surface area contributed by atoms with Gasteiger partial charge in [-0.05, 0) is 34.0 Å². The van der Waals surface area contributed by atoms with Crippen molar-refractivity contribution < 1.29 is 24.2 Å². The van der Waals surface area contributed by atoms with Crippen molar-refractivity contribution in [2.75, 3.05) is 20.4 Å². The molecule has 0 radical (unpaired) electrons. The quantitative estimate of drug-likeness (QED) is 0.578. The van der Waals surface area contributed by atoms with Gasteiger partial charge in [0.15, 0.2) is 5.17 Å². The first-order valence-corrected chi connectivity index (χ1v) is 8.05. The summed E-state index contributed by atoms with van der Waals surface area (Å²) >= 11 is 1.36. The second kappa shape index (κ2) is 10.9. The number of hydrogen-bond acceptors (Lipinski definition) is 5. The predicted octanol–water partition coefficient (Wildman–Crippen LogP) is 1.80. The van der Waals surface area contributed by atoms with Gasteiger partial charge in [0.25, 0.3) is 11.9 Å². The van der Waals surface area contributed by atoms with E-state index in [1.165, 1.54) is 11.8 Å². The Balaban J connectivity index is 0. The molecule has 134 valence electrons. The highest BCUT2D eigenvalue weighted by atomic mass is 32.2. The highest BCUT2D eigenvalue weighted by Gasteiger charge is 2.21. The lowest BCUT2D eigenvalue weighted by atomic mass is 10.2. The first kappa shape index (κ1) is 23.5. The fraction of sp³-hybridized carbons (Fsp3) is 0.714. The van der Waals surface area contributed by atoms with Crippen LogP contribution in [0.1, 0.15) is 34.6 Å². The lowest BCUT2D eigenvalue weighted by molar-refractivity contribution is -0.134. The van der Waals surface area contributed by atoms with E-state index in [1.807, 2.05) is 6.26 Å². The molecule has 9 heteroatoms. The molecule has 0 rings (SSSR count). The number of ether oxygens (including phenoxy) is 1. The molecule has 1 unspecified atom stereocenters. The maximum absolute atomic E-state index is 11.8. The number of aliphatic carboxylic acids is 1. The fourth-order valence-corrected chi connectivity index (χ4v) is 1.61. The molecule has 0 saturated heterocycles. The number of nitrogens with one attached hydrogen (secondary N) is 1. The summed E-state index contributed by atoms with van der Waals surface area (Å²) in [6.45, 7) is 7.93. The normalized spacial score (nSPS) is 12.4. The smallest absolute Gasteiger partial charge is 0.408 e. The maximum atomic E-state index is 11.8. The van der Waals surface area contributed by atoms with E-state index >= 15 is 0 Å². The molecule has 0 aliphatic heterocycles. The van der Waals surface area contributed by atoms with Gasteiger partial charge in [-0.15, -0.1) is 0 Å². The first-order valence-electron chi connectivity index (χ1n) is 6.83. The number of rotatable bonds is 2. The van der Waals surface area contributed by atoms with Gasteiger partial charge in [0.1, 0.15) is 11.6 Å². The molecule has 1 atom stereocenters. The largest absolute Gasteiger partial charge is 0.481 e. The predicted molar refractivity (Wildman–Crippen MR) is 91.8 cm³/mol. The average molecular weight is 349 g/mol. The molecule has 2 N–H and O–H groups in total. The minimum atomic E-state index is -0.833. The number of carboxylic acids is 1. The standard InChI is InChI=1S/C12H23N3O3S.C2H4O2/c1-8(13-11(17)18-12(2,3)4)9(16)14-10(19-7)15(5)6;1-2(3)4/h8H,1-7H3,(H,13,17);1H3,(H,3,4)/b14-10+;. The number of carbonyl (C=O) groups excluding carboxylic acids is 2. The van der Waals surface area contributed by atoms with Gasteiger partial charge in [-0.25, -0.2) is 4.79 Å². The van der Waals surface area contributed by atoms with Gasteiger partial charge < -0.3 is 20.1 Å². The van der Waals surface area contributed by atoms with Crippen LogP contribution in [0, 0.1) is 0 Å². The molecule has 2 amide bonds. The molecule has 0 bridgehead atoms. The van der Waals surface area contributed by atoms with Crippen molar-refractivity contribution in [1.82, 2.24) is 10.2 Å². The number of nitrogens with zero attached hydrogens (tertiary/aromatic N) is 2. The molecule has 8 nitrogen and oxygen atoms in total. The van der Waals surface area contributed by atoms with Crippen LogP contribution in [0.5, 0.6) is 0 Å². The molecular weight excluding hydrogens is 322 g/mol. The zero-order valence-electron chi connectivity index (χ0n) is 15.0. The van der Waals surface area contributed by atoms with Crippen LogP contribution in [0.4, 0.5) is 4.79 Å². The van der Waals surface area contributed by atoms with Gasteiger partial charge in [0.2, 0.25) is 0 Å². The van der Waals surface area contributed by atoms with Crippen LogP contribution in [-0.4, -0.2) is 65.1 Å². The molecule has 0 aliphatic carbocycles. The van der Waals surface area contributed by atoms with E-state index in [-0.39, 0.29) is 0 Å². The summed E-state index contributed by atoms with van der Waals surface area (Å²) in [5, 5.41) is 10.5. The first-order chi connectivity index (χ1) is 10.3. The highest BCUT2D eigenvalue weighted by Crippen LogP contribution is 2.07. The number of thioether (sulfide) groups is 1. The lowest BCUT2D eigenvalue weighted by Crippen LogP contribution is -2.41. The third kappa shape index (κ3) is 14.9. The Kier molecular flexibility index (Phi) is 11.1. The van der Waals surface area contributed by atoms with Crippen molar-refractivity contribution in [2.45, 2.75) is 46.3 Å². The fourth-order valence-electron chi connectivity index (χ4n) is 1.07. The second-order valence-corrected chi connectivity index (χ2v) is 6.49. The van der Waals surface area contributed by atoms with E-state index < -0.39 is 29.6 Å². The summed E-state index contributed by atoms with van der Waals surface area (Å²) in [5.41, 5.74) is -0.593. The number of hydrogen-bond donors (Lipinski definition) is 2. The van der Waals surface area contributed by atoms with Gasteiger partial charge in [0.05, 0.1) is 0 Å². The summed E-state index contributed by atoms with van der Waals surface area (Å²) in [6.07, 6.45) is 1.21. The number of amidine groups is 1. The molecular formula is C14H27N3O5S. The minimum absolute atomic E-state index is 0.413. The van der Waals surface area contributed by atoms with Crippen molar-refractivity contribution in [1.29, 1.82) is 0 Å². The monoisotopic (exact) mass is 349 g/mol. The van der Waals surface area contributed by atoms with Crippen LogP contribution < -0.4 is 5.32 Å². The third-order valence-electron chi connectivity index (χ3n) is 1.87. The van der Waals surface area contributed by atoms with E-state index in [0.717, 1.165) is 6.92 Å². The number of alkyl carbamates (subject to hydrolysis) is 1. The average Bonchev–Trinajstić information content (AvgIpc) is 2.31. The summed E-state index contributed by atoms with van der Waals surface area (Å²) in [6, 6.07) is -0.725. The third-order valence-corrected chi connectivity index (χ3v) is 2.70. The zero-order chi connectivity index (χ0) is 18.8. The Labute approximate surface area is 141 Å². The summed E-state index contributed by atoms with van der Waals surface area (Å²) < 4.78 is 5.07. The Bertz CT molecular complexity index is 440. The molecule has 23 heavy (non-hydrogen) atoms. The van der Waals surface area contributed by atoms with Crippen LogP contribution in [-0.2, 0) is 14.3 Å². The molecule has 0 aromatic rings. The van der Waals surface area contributed by atoms with Gasteiger partial charge >= 0.3 is 6.09 Å². The Morgan fingerprint density at radius 1 is 1.26 bits per heavy atom. The van der Waals surface area contributed by atoms with E-state index in [2.05, 4.69) is 10.3 Å². The van der Waals surface area contributed by atoms with Crippen LogP contribution >= 0.6 is 11.8 Å². The number of aliphatic imine (C=N–C) groups is 1. The Morgan fingerprint density at radius 2 is 1.70 bits per heavy atom. The van der Waals surface area contributed by atoms with Gasteiger partial charge in [-0.2, -0.15) is 4.99 Å². The molecule has 0 fully saturated rings. The number of amides is 2. The molecule has 0 saturated carbocycles. The van der Waals surface area contributed by atoms with E-state index in [9.17, 15) is 9.59 Å². The minimum Gasteiger partial charge on any atom is -0.481 e. The molecule has 0 aromatic carbocycles. The van der Waals surface area contributed by atoms with Gasteiger partial charge in [-0.3, -0.25) is 9.59 Å². The Hall–Kier alpha value is -1.77. The summed E-state index contributed by atoms with van der Waals surface area (Å²) in [7, 11) is 3.60. The van der Waals surface area contributed by atoms with Gasteiger partial charge in [0, 0.05) is 21.0 Å². The number of carbonyl (C=O) groups is 3. The van der Waals surface area contributed by atoms with Gasteiger partial charge in [-0.1, -0.05) is 11.8 Å². The highest BCUT2D eigenvalue weighted by molar-refractivity contribution is 8.13. The van der Waals surface area contributed by atoms with E-state index in [0.29, 0.717) is 5.17 Å². The van der Waals surface area contributed by atoms with Crippen LogP contribution in [0.15, 0.2) is 4.99 Å². The zero-order valence-corrected chi connectivity index (χ0v) is 15.8. The van der Waals surface area contributed by atoms with Crippen molar-refractivity contribution >= 4 is 34.9 Å². The van der Waals surface area contributed by atoms with Crippen molar-refractivity contribution in [3.05, 3.63) is 0 Å². The summed E-state index contributed by atoms with van der Waals surface area (Å²) in [5.74, 6) is -1.25. The Morgan fingerprint density at radius 3 is 2.00 bits per heavy atom. The molecule has 0 spiro atoms. The lowest BCUT2D eigenvalue weighted by Gasteiger charge is -2.21. The van der Waals surface area contributed by atoms with E-state index in [4.69, 9.17) is 14.6 Å². The van der Waals surface area contributed by atoms with Crippen molar-refractivity contribution in [3.8, 4) is 0 Å².